The smallest absolute Gasteiger partial charge is 0.414 e. The van der Waals surface area contributed by atoms with Crippen LogP contribution in [-0.4, -0.2) is 218 Å². The third-order valence-corrected chi connectivity index (χ3v) is 9.06. The van der Waals surface area contributed by atoms with Crippen molar-refractivity contribution in [2.75, 3.05) is 119 Å². The number of amides is 6. The summed E-state index contributed by atoms with van der Waals surface area (Å²) in [5, 5.41) is 24.4. The maximum Gasteiger partial charge on any atom is 0.414 e. The van der Waals surface area contributed by atoms with E-state index in [0.717, 1.165) is 0 Å². The van der Waals surface area contributed by atoms with E-state index in [0.29, 0.717) is 0 Å². The zero-order chi connectivity index (χ0) is 68.2. The highest BCUT2D eigenvalue weighted by Crippen LogP contribution is 2.39. The predicted molar refractivity (Wildman–Crippen MR) is 328 cm³/mol. The van der Waals surface area contributed by atoms with Crippen LogP contribution in [0.4, 0.5) is 28.8 Å². The van der Waals surface area contributed by atoms with E-state index in [1.165, 1.54) is 12.1 Å². The van der Waals surface area contributed by atoms with Crippen molar-refractivity contribution in [3.63, 3.8) is 0 Å². The van der Waals surface area contributed by atoms with Gasteiger partial charge in [0.05, 0.1) is 104 Å². The lowest BCUT2D eigenvalue weighted by Gasteiger charge is -2.22. The molecule has 0 aromatic heterocycles. The van der Waals surface area contributed by atoms with Crippen molar-refractivity contribution in [3.05, 3.63) is 17.7 Å². The van der Waals surface area contributed by atoms with Crippen molar-refractivity contribution in [2.24, 2.45) is 15.0 Å². The van der Waals surface area contributed by atoms with Crippen LogP contribution in [0.1, 0.15) is 135 Å². The normalized spacial score (nSPS) is 11.8. The van der Waals surface area contributed by atoms with Gasteiger partial charge < -0.3 is 76.2 Å². The average Bonchev–Trinajstić information content (AvgIpc) is 1.70. The van der Waals surface area contributed by atoms with Crippen molar-refractivity contribution < 1.29 is 110 Å². The van der Waals surface area contributed by atoms with Gasteiger partial charge in [-0.3, -0.25) is 31.9 Å². The van der Waals surface area contributed by atoms with Gasteiger partial charge in [0.1, 0.15) is 53.4 Å². The monoisotopic (exact) mass is 1290 g/mol. The Balaban J connectivity index is 3.03. The van der Waals surface area contributed by atoms with Crippen LogP contribution in [-0.2, 0) is 56.8 Å². The van der Waals surface area contributed by atoms with Gasteiger partial charge in [0.25, 0.3) is 0 Å². The highest BCUT2D eigenvalue weighted by Gasteiger charge is 2.26. The van der Waals surface area contributed by atoms with Crippen molar-refractivity contribution >= 4 is 60.4 Å². The summed E-state index contributed by atoms with van der Waals surface area (Å²) in [4.78, 5) is 99.4. The van der Waals surface area contributed by atoms with Crippen LogP contribution in [0.15, 0.2) is 27.1 Å². The van der Waals surface area contributed by atoms with Crippen molar-refractivity contribution in [1.82, 2.24) is 31.9 Å². The molecule has 0 heterocycles. The van der Waals surface area contributed by atoms with Crippen LogP contribution in [0.25, 0.3) is 0 Å². The van der Waals surface area contributed by atoms with Gasteiger partial charge in [0.2, 0.25) is 23.6 Å². The molecule has 0 saturated heterocycles. The lowest BCUT2D eigenvalue weighted by molar-refractivity contribution is 0.0331. The molecule has 6 amide bonds. The molecule has 0 aliphatic rings. The van der Waals surface area contributed by atoms with Crippen molar-refractivity contribution in [3.8, 4) is 17.2 Å². The molecule has 1 aromatic carbocycles. The lowest BCUT2D eigenvalue weighted by atomic mass is 10.2. The molecule has 0 aliphatic carbocycles. The van der Waals surface area contributed by atoms with Crippen LogP contribution in [0, 0.1) is 0 Å². The van der Waals surface area contributed by atoms with E-state index in [9.17, 15) is 38.7 Å². The number of hydrogen-bond donors (Lipinski definition) is 7. The molecule has 32 nitrogen and oxygen atoms in total. The first kappa shape index (κ1) is 80.5. The Bertz CT molecular complexity index is 2280. The Labute approximate surface area is 527 Å². The maximum absolute atomic E-state index is 12.4. The largest absolute Gasteiger partial charge is 0.487 e. The van der Waals surface area contributed by atoms with Gasteiger partial charge in [-0.25, -0.2) is 48.5 Å². The summed E-state index contributed by atoms with van der Waals surface area (Å²) >= 11 is 0. The SMILES string of the molecule is CC(C)(C)OC(=O)NC(=NCCOCCOCCOc1cc(C(=O)O)cc(OCCOCCOCCN=C(NC(=O)OC(C)(C)C)NC(=O)OC(C)(C)C)c1OCCOCCOCCN=C(NC(=O)OC(C)(C)C)NC(=O)OC(C)(C)C)NC(=O)OC(C)(C)C. The molecule has 1 rings (SSSR count). The molecule has 0 fully saturated rings. The highest BCUT2D eigenvalue weighted by atomic mass is 16.6. The summed E-state index contributed by atoms with van der Waals surface area (Å²) in [5.41, 5.74) is -5.05. The Morgan fingerprint density at radius 3 is 0.733 bits per heavy atom. The molecule has 0 unspecified atom stereocenters. The topological polar surface area (TPSA) is 387 Å². The van der Waals surface area contributed by atoms with Gasteiger partial charge in [0.15, 0.2) is 11.5 Å². The fourth-order valence-corrected chi connectivity index (χ4v) is 6.05. The second-order valence-corrected chi connectivity index (χ2v) is 24.8. The number of carbonyl (C=O) groups excluding carboxylic acids is 6. The van der Waals surface area contributed by atoms with Gasteiger partial charge >= 0.3 is 42.5 Å². The predicted octanol–water partition coefficient (Wildman–Crippen LogP) is 6.84. The van der Waals surface area contributed by atoms with E-state index < -0.39 is 76.1 Å². The highest BCUT2D eigenvalue weighted by molar-refractivity contribution is 6.03. The molecule has 0 saturated carbocycles. The van der Waals surface area contributed by atoms with Gasteiger partial charge in [-0.1, -0.05) is 0 Å². The van der Waals surface area contributed by atoms with Gasteiger partial charge in [-0.05, 0) is 137 Å². The molecule has 7 N–H and O–H groups in total. The molecule has 0 radical (unpaired) electrons. The first-order valence-corrected chi connectivity index (χ1v) is 29.1. The number of benzene rings is 1. The summed E-state index contributed by atoms with van der Waals surface area (Å²) in [6.45, 7) is 31.2. The number of aromatic carboxylic acids is 1. The van der Waals surface area contributed by atoms with Gasteiger partial charge in [0, 0.05) is 0 Å². The molecular weight excluding hydrogens is 1190 g/mol. The first-order chi connectivity index (χ1) is 41.7. The van der Waals surface area contributed by atoms with E-state index in [4.69, 9.17) is 71.1 Å². The van der Waals surface area contributed by atoms with Crippen LogP contribution in [0.5, 0.6) is 17.2 Å². The van der Waals surface area contributed by atoms with E-state index >= 15 is 0 Å². The zero-order valence-electron chi connectivity index (χ0n) is 55.7. The van der Waals surface area contributed by atoms with E-state index in [-0.39, 0.29) is 159 Å². The molecule has 0 bridgehead atoms. The molecule has 514 valence electrons. The van der Waals surface area contributed by atoms with Crippen LogP contribution in [0.2, 0.25) is 0 Å². The number of nitrogens with zero attached hydrogens (tertiary/aromatic N) is 3. The second kappa shape index (κ2) is 40.3. The van der Waals surface area contributed by atoms with Crippen LogP contribution < -0.4 is 46.1 Å². The average molecular weight is 1290 g/mol. The minimum Gasteiger partial charge on any atom is -0.487 e. The first-order valence-electron chi connectivity index (χ1n) is 29.1. The third-order valence-electron chi connectivity index (χ3n) is 9.06. The summed E-state index contributed by atoms with van der Waals surface area (Å²) in [6.07, 6.45) is -5.05. The molecule has 0 aliphatic heterocycles. The number of ether oxygens (including phenoxy) is 15. The van der Waals surface area contributed by atoms with E-state index in [1.54, 1.807) is 125 Å². The molecular formula is C58H99N9O23. The lowest BCUT2D eigenvalue weighted by Crippen LogP contribution is -2.47. The summed E-state index contributed by atoms with van der Waals surface area (Å²) < 4.78 is 83.6. The zero-order valence-corrected chi connectivity index (χ0v) is 55.7. The van der Waals surface area contributed by atoms with Crippen LogP contribution in [0.3, 0.4) is 0 Å². The molecule has 1 aromatic rings. The third kappa shape index (κ3) is 45.7. The fraction of sp³-hybridized carbons (Fsp3) is 0.724. The van der Waals surface area contributed by atoms with E-state index in [2.05, 4.69) is 46.9 Å². The molecule has 0 atom stereocenters. The number of carbonyl (C=O) groups is 7. The minimum absolute atomic E-state index is 0.0201. The molecule has 0 spiro atoms. The minimum atomic E-state index is -1.28. The standard InChI is InChI=1S/C58H99N9O23/c1-53(2,3)85-47(70)62-44(63-48(71)86-54(4,5)6)59-19-22-76-25-28-79-31-34-82-40-37-39(43(68)69)38-41(83-35-32-80-29-26-77-23-20-60-45(64-49(72)87-55(7,8)9)65-50(73)88-56(10,11)12)42(40)84-36-33-81-30-27-78-24-21-61-46(66-51(74)89-57(13,14)15)67-52(75)90-58(16,17)18/h37-38H,19-36H2,1-18H3,(H,68,69)(H2,59,62,63,70,71)(H2,60,64,65,72,73)(H2,61,66,67,74,75). The Morgan fingerprint density at radius 2 is 0.522 bits per heavy atom. The van der Waals surface area contributed by atoms with Gasteiger partial charge in [-0.15, -0.1) is 0 Å². The Morgan fingerprint density at radius 1 is 0.322 bits per heavy atom. The Hall–Kier alpha value is -7.52. The van der Waals surface area contributed by atoms with Gasteiger partial charge in [-0.2, -0.15) is 0 Å². The number of hydrogen-bond acceptors (Lipinski definition) is 25. The fourth-order valence-electron chi connectivity index (χ4n) is 6.05. The summed E-state index contributed by atoms with van der Waals surface area (Å²) in [7, 11) is 0. The van der Waals surface area contributed by atoms with Crippen LogP contribution >= 0.6 is 0 Å². The maximum atomic E-state index is 12.4. The number of carboxylic acid groups (broad SMARTS) is 1. The summed E-state index contributed by atoms with van der Waals surface area (Å²) in [6, 6.07) is 2.54. The second-order valence-electron chi connectivity index (χ2n) is 24.8. The number of carboxylic acids is 1. The summed E-state index contributed by atoms with van der Waals surface area (Å²) in [5.74, 6) is -1.79. The molecule has 90 heavy (non-hydrogen) atoms. The molecule has 32 heteroatoms. The number of aliphatic imine (C=N–C) groups is 3. The Kier molecular flexibility index (Phi) is 36.0. The number of alkyl carbamates (subject to hydrolysis) is 6. The van der Waals surface area contributed by atoms with E-state index in [1.807, 2.05) is 0 Å². The van der Waals surface area contributed by atoms with Crippen molar-refractivity contribution in [1.29, 1.82) is 0 Å². The number of guanidine groups is 3. The van der Waals surface area contributed by atoms with Crippen molar-refractivity contribution in [2.45, 2.75) is 158 Å². The number of rotatable bonds is 31. The quantitative estimate of drug-likeness (QED) is 0.0173. The number of nitrogens with one attached hydrogen (secondary N) is 6.